The van der Waals surface area contributed by atoms with Crippen molar-refractivity contribution in [2.45, 2.75) is 238 Å². The first-order valence-corrected chi connectivity index (χ1v) is 23.8. The molecule has 1 atom stereocenters. The van der Waals surface area contributed by atoms with Crippen molar-refractivity contribution in [2.24, 2.45) is 0 Å². The van der Waals surface area contributed by atoms with Gasteiger partial charge in [-0.15, -0.1) is 0 Å². The molecule has 0 aliphatic carbocycles. The van der Waals surface area contributed by atoms with Crippen LogP contribution in [-0.2, 0) is 14.2 Å². The summed E-state index contributed by atoms with van der Waals surface area (Å²) in [5, 5.41) is 10.8. The van der Waals surface area contributed by atoms with Gasteiger partial charge in [-0.2, -0.15) is 0 Å². The molecule has 8 heteroatoms. The molecular formula is C48H87NO7. The Bertz CT molecular complexity index is 988. The van der Waals surface area contributed by atoms with Gasteiger partial charge in [0.15, 0.2) is 0 Å². The third-order valence-corrected chi connectivity index (χ3v) is 10.9. The monoisotopic (exact) mass is 790 g/mol. The van der Waals surface area contributed by atoms with Crippen LogP contribution >= 0.6 is 0 Å². The summed E-state index contributed by atoms with van der Waals surface area (Å²) >= 11 is 0. The lowest BCUT2D eigenvalue weighted by Gasteiger charge is -2.18. The number of nitro benzene ring substituents is 1. The average molecular weight is 790 g/mol. The lowest BCUT2D eigenvalue weighted by Crippen LogP contribution is -2.22. The fraction of sp³-hybridized carbons (Fsp3) is 0.854. The summed E-state index contributed by atoms with van der Waals surface area (Å²) in [5.74, 6) is 0.211. The van der Waals surface area contributed by atoms with Crippen LogP contribution in [0.5, 0.6) is 5.75 Å². The van der Waals surface area contributed by atoms with Crippen LogP contribution in [0.2, 0.25) is 0 Å². The molecule has 0 spiro atoms. The number of benzene rings is 1. The highest BCUT2D eigenvalue weighted by atomic mass is 16.7. The third kappa shape index (κ3) is 35.0. The Kier molecular flexibility index (Phi) is 37.9. The lowest BCUT2D eigenvalue weighted by atomic mass is 10.0. The van der Waals surface area contributed by atoms with Gasteiger partial charge in [0.05, 0.1) is 24.2 Å². The number of nitro groups is 1. The highest BCUT2D eigenvalue weighted by Crippen LogP contribution is 2.19. The van der Waals surface area contributed by atoms with E-state index in [0.717, 1.165) is 32.5 Å². The molecule has 0 heterocycles. The van der Waals surface area contributed by atoms with Crippen molar-refractivity contribution in [3.8, 4) is 5.75 Å². The molecule has 56 heavy (non-hydrogen) atoms. The largest absolute Gasteiger partial charge is 0.513 e. The van der Waals surface area contributed by atoms with E-state index >= 15 is 0 Å². The van der Waals surface area contributed by atoms with Gasteiger partial charge >= 0.3 is 6.16 Å². The summed E-state index contributed by atoms with van der Waals surface area (Å²) in [7, 11) is 0. The Hall–Kier alpha value is -2.19. The normalized spacial score (nSPS) is 11.9. The fourth-order valence-corrected chi connectivity index (χ4v) is 7.31. The second kappa shape index (κ2) is 41.0. The van der Waals surface area contributed by atoms with Crippen molar-refractivity contribution in [1.82, 2.24) is 0 Å². The number of rotatable bonds is 43. The van der Waals surface area contributed by atoms with E-state index in [1.165, 1.54) is 217 Å². The molecule has 0 radical (unpaired) electrons. The molecule has 1 rings (SSSR count). The predicted octanol–water partition coefficient (Wildman–Crippen LogP) is 15.8. The van der Waals surface area contributed by atoms with Crippen molar-refractivity contribution < 1.29 is 28.7 Å². The maximum atomic E-state index is 12.1. The van der Waals surface area contributed by atoms with Gasteiger partial charge in [0.25, 0.3) is 5.69 Å². The van der Waals surface area contributed by atoms with Crippen LogP contribution in [0.3, 0.4) is 0 Å². The van der Waals surface area contributed by atoms with E-state index in [4.69, 9.17) is 18.9 Å². The van der Waals surface area contributed by atoms with Crippen LogP contribution in [0, 0.1) is 10.1 Å². The van der Waals surface area contributed by atoms with Crippen LogP contribution < -0.4 is 4.74 Å². The molecule has 0 fully saturated rings. The molecule has 0 bridgehead atoms. The molecule has 1 aromatic carbocycles. The molecule has 0 aliphatic rings. The summed E-state index contributed by atoms with van der Waals surface area (Å²) in [5.41, 5.74) is -0.0617. The molecule has 0 aromatic heterocycles. The zero-order valence-electron chi connectivity index (χ0n) is 36.6. The maximum absolute atomic E-state index is 12.1. The number of carbonyl (C=O) groups excluding carboxylic acids is 1. The molecule has 0 aliphatic heterocycles. The smallest absolute Gasteiger partial charge is 0.434 e. The Morgan fingerprint density at radius 3 is 1.29 bits per heavy atom. The first kappa shape index (κ1) is 51.8. The number of nitrogens with zero attached hydrogens (tertiary/aromatic N) is 1. The van der Waals surface area contributed by atoms with Crippen LogP contribution in [0.15, 0.2) is 24.3 Å². The van der Waals surface area contributed by atoms with Crippen LogP contribution in [0.4, 0.5) is 10.5 Å². The fourth-order valence-electron chi connectivity index (χ4n) is 7.31. The van der Waals surface area contributed by atoms with Crippen molar-refractivity contribution in [3.05, 3.63) is 34.4 Å². The van der Waals surface area contributed by atoms with Gasteiger partial charge < -0.3 is 18.9 Å². The van der Waals surface area contributed by atoms with Crippen LogP contribution in [0.1, 0.15) is 232 Å². The number of carbonyl (C=O) groups is 1. The molecular weight excluding hydrogens is 703 g/mol. The van der Waals surface area contributed by atoms with E-state index in [9.17, 15) is 14.9 Å². The highest BCUT2D eigenvalue weighted by molar-refractivity contribution is 5.63. The zero-order valence-corrected chi connectivity index (χ0v) is 36.6. The van der Waals surface area contributed by atoms with Gasteiger partial charge in [-0.05, 0) is 37.8 Å². The lowest BCUT2D eigenvalue weighted by molar-refractivity contribution is -0.384. The minimum atomic E-state index is -0.816. The average Bonchev–Trinajstić information content (AvgIpc) is 3.20. The second-order valence-corrected chi connectivity index (χ2v) is 16.3. The van der Waals surface area contributed by atoms with E-state index in [0.29, 0.717) is 13.0 Å². The Labute approximate surface area is 344 Å². The number of non-ortho nitro benzene ring substituents is 1. The van der Waals surface area contributed by atoms with E-state index < -0.39 is 11.1 Å². The third-order valence-electron chi connectivity index (χ3n) is 10.9. The Morgan fingerprint density at radius 2 is 0.893 bits per heavy atom. The molecule has 0 unspecified atom stereocenters. The molecule has 0 amide bonds. The first-order chi connectivity index (χ1) is 27.6. The standard InChI is InChI=1S/C48H87NO7/c1-3-5-7-9-11-13-15-17-19-21-23-25-27-29-31-33-41-53-44-47(36-35-43-55-48(50)56-46-39-37-45(38-40-46)49(51)52)54-42-34-32-30-28-26-24-22-20-18-16-14-12-10-8-6-4-2/h37-40,47H,3-36,41-44H2,1-2H3/t47-/m0/s1. The quantitative estimate of drug-likeness (QED) is 0.0214. The highest BCUT2D eigenvalue weighted by Gasteiger charge is 2.13. The number of ether oxygens (including phenoxy) is 4. The molecule has 326 valence electrons. The van der Waals surface area contributed by atoms with Crippen molar-refractivity contribution in [1.29, 1.82) is 0 Å². The molecule has 0 N–H and O–H groups in total. The van der Waals surface area contributed by atoms with E-state index in [1.807, 2.05) is 0 Å². The first-order valence-electron chi connectivity index (χ1n) is 23.8. The molecule has 8 nitrogen and oxygen atoms in total. The van der Waals surface area contributed by atoms with Gasteiger partial charge in [0.1, 0.15) is 5.75 Å². The van der Waals surface area contributed by atoms with Gasteiger partial charge in [0.2, 0.25) is 0 Å². The summed E-state index contributed by atoms with van der Waals surface area (Å²) in [6.45, 7) is 6.83. The Balaban J connectivity index is 2.17. The van der Waals surface area contributed by atoms with Gasteiger partial charge in [-0.25, -0.2) is 4.79 Å². The SMILES string of the molecule is CCCCCCCCCCCCCCCCCCOC[C@H](CCCOC(=O)Oc1ccc([N+](=O)[O-])cc1)OCCCCCCCCCCCCCCCCCC. The van der Waals surface area contributed by atoms with Crippen molar-refractivity contribution in [2.75, 3.05) is 26.4 Å². The summed E-state index contributed by atoms with van der Waals surface area (Å²) in [6.07, 6.45) is 43.9. The zero-order chi connectivity index (χ0) is 40.4. The van der Waals surface area contributed by atoms with E-state index in [2.05, 4.69) is 13.8 Å². The predicted molar refractivity (Wildman–Crippen MR) is 234 cm³/mol. The number of hydrogen-bond donors (Lipinski definition) is 0. The van der Waals surface area contributed by atoms with E-state index in [1.54, 1.807) is 0 Å². The molecule has 0 saturated heterocycles. The van der Waals surface area contributed by atoms with Crippen molar-refractivity contribution in [3.63, 3.8) is 0 Å². The number of hydrogen-bond acceptors (Lipinski definition) is 7. The minimum absolute atomic E-state index is 0.0262. The molecule has 0 saturated carbocycles. The summed E-state index contributed by atoms with van der Waals surface area (Å²) in [6, 6.07) is 5.37. The minimum Gasteiger partial charge on any atom is -0.434 e. The molecule has 1 aromatic rings. The van der Waals surface area contributed by atoms with E-state index in [-0.39, 0.29) is 24.1 Å². The summed E-state index contributed by atoms with van der Waals surface area (Å²) < 4.78 is 22.8. The topological polar surface area (TPSA) is 97.1 Å². The Morgan fingerprint density at radius 1 is 0.518 bits per heavy atom. The maximum Gasteiger partial charge on any atom is 0.513 e. The van der Waals surface area contributed by atoms with Crippen molar-refractivity contribution >= 4 is 11.8 Å². The van der Waals surface area contributed by atoms with Gasteiger partial charge in [-0.3, -0.25) is 10.1 Å². The van der Waals surface area contributed by atoms with Crippen LogP contribution in [0.25, 0.3) is 0 Å². The van der Waals surface area contributed by atoms with Crippen LogP contribution in [-0.4, -0.2) is 43.6 Å². The van der Waals surface area contributed by atoms with Gasteiger partial charge in [0, 0.05) is 25.3 Å². The number of unbranched alkanes of at least 4 members (excludes halogenated alkanes) is 30. The van der Waals surface area contributed by atoms with Gasteiger partial charge in [-0.1, -0.05) is 206 Å². The summed E-state index contributed by atoms with van der Waals surface area (Å²) in [4.78, 5) is 22.5. The second-order valence-electron chi connectivity index (χ2n) is 16.3.